The largest absolute Gasteiger partial charge is 0.496 e. The zero-order chi connectivity index (χ0) is 20.8. The van der Waals surface area contributed by atoms with Gasteiger partial charge in [0.2, 0.25) is 5.91 Å². The lowest BCUT2D eigenvalue weighted by Gasteiger charge is -2.32. The SMILES string of the molecule is COc1ccccc1Cc1cccc(C2CCCN(C(=O)Cc3ccncc3)C2)n1. The molecule has 1 fully saturated rings. The number of aromatic nitrogens is 2. The summed E-state index contributed by atoms with van der Waals surface area (Å²) in [5, 5.41) is 0. The second kappa shape index (κ2) is 9.53. The summed E-state index contributed by atoms with van der Waals surface area (Å²) in [7, 11) is 1.70. The Labute approximate surface area is 177 Å². The first-order valence-electron chi connectivity index (χ1n) is 10.5. The Kier molecular flexibility index (Phi) is 6.38. The Morgan fingerprint density at radius 3 is 2.77 bits per heavy atom. The normalized spacial score (nSPS) is 16.3. The number of ether oxygens (including phenoxy) is 1. The molecule has 0 saturated carbocycles. The zero-order valence-electron chi connectivity index (χ0n) is 17.3. The quantitative estimate of drug-likeness (QED) is 0.626. The minimum absolute atomic E-state index is 0.177. The number of piperidine rings is 1. The number of likely N-dealkylation sites (tertiary alicyclic amines) is 1. The van der Waals surface area contributed by atoms with Crippen LogP contribution >= 0.6 is 0 Å². The third kappa shape index (κ3) is 4.85. The summed E-state index contributed by atoms with van der Waals surface area (Å²) in [4.78, 5) is 23.8. The second-order valence-electron chi connectivity index (χ2n) is 7.75. The van der Waals surface area contributed by atoms with Crippen LogP contribution < -0.4 is 4.74 Å². The molecule has 4 rings (SSSR count). The molecule has 1 atom stereocenters. The minimum atomic E-state index is 0.177. The Hall–Kier alpha value is -3.21. The van der Waals surface area contributed by atoms with Crippen molar-refractivity contribution in [3.8, 4) is 5.75 Å². The summed E-state index contributed by atoms with van der Waals surface area (Å²) >= 11 is 0. The monoisotopic (exact) mass is 401 g/mol. The number of methoxy groups -OCH3 is 1. The fraction of sp³-hybridized carbons (Fsp3) is 0.320. The maximum atomic E-state index is 12.8. The summed E-state index contributed by atoms with van der Waals surface area (Å²) in [5.41, 5.74) is 4.23. The van der Waals surface area contributed by atoms with E-state index in [1.807, 2.05) is 35.2 Å². The molecule has 1 amide bonds. The molecule has 1 aliphatic rings. The van der Waals surface area contributed by atoms with Crippen LogP contribution in [0.25, 0.3) is 0 Å². The molecule has 1 unspecified atom stereocenters. The summed E-state index contributed by atoms with van der Waals surface area (Å²) in [6.45, 7) is 1.55. The minimum Gasteiger partial charge on any atom is -0.496 e. The summed E-state index contributed by atoms with van der Waals surface area (Å²) < 4.78 is 5.48. The van der Waals surface area contributed by atoms with E-state index in [0.717, 1.165) is 60.6 Å². The fourth-order valence-corrected chi connectivity index (χ4v) is 4.10. The Morgan fingerprint density at radius 2 is 1.93 bits per heavy atom. The maximum absolute atomic E-state index is 12.8. The van der Waals surface area contributed by atoms with Crippen LogP contribution in [0.3, 0.4) is 0 Å². The number of carbonyl (C=O) groups excluding carboxylic acids is 1. The standard InChI is InChI=1S/C25H27N3O2/c1-30-24-10-3-2-6-20(24)17-22-8-4-9-23(27-22)21-7-5-15-28(18-21)25(29)16-19-11-13-26-14-12-19/h2-4,6,8-14,21H,5,7,15-18H2,1H3. The zero-order valence-corrected chi connectivity index (χ0v) is 17.3. The van der Waals surface area contributed by atoms with E-state index in [1.54, 1.807) is 19.5 Å². The first-order valence-corrected chi connectivity index (χ1v) is 10.5. The van der Waals surface area contributed by atoms with Gasteiger partial charge in [0.25, 0.3) is 0 Å². The van der Waals surface area contributed by atoms with Gasteiger partial charge in [-0.3, -0.25) is 14.8 Å². The molecule has 0 N–H and O–H groups in total. The van der Waals surface area contributed by atoms with Crippen molar-refractivity contribution >= 4 is 5.91 Å². The van der Waals surface area contributed by atoms with Crippen molar-refractivity contribution in [3.05, 3.63) is 89.5 Å². The van der Waals surface area contributed by atoms with E-state index in [4.69, 9.17) is 9.72 Å². The summed E-state index contributed by atoms with van der Waals surface area (Å²) in [5.74, 6) is 1.34. The van der Waals surface area contributed by atoms with Gasteiger partial charge in [-0.25, -0.2) is 0 Å². The van der Waals surface area contributed by atoms with Gasteiger partial charge in [-0.15, -0.1) is 0 Å². The van der Waals surface area contributed by atoms with E-state index in [0.29, 0.717) is 6.42 Å². The number of pyridine rings is 2. The lowest BCUT2D eigenvalue weighted by Crippen LogP contribution is -2.40. The highest BCUT2D eigenvalue weighted by Crippen LogP contribution is 2.27. The Balaban J connectivity index is 1.44. The van der Waals surface area contributed by atoms with Gasteiger partial charge < -0.3 is 9.64 Å². The average molecular weight is 402 g/mol. The number of benzene rings is 1. The van der Waals surface area contributed by atoms with E-state index in [2.05, 4.69) is 29.2 Å². The van der Waals surface area contributed by atoms with Gasteiger partial charge in [0, 0.05) is 54.8 Å². The Morgan fingerprint density at radius 1 is 1.10 bits per heavy atom. The van der Waals surface area contributed by atoms with Crippen molar-refractivity contribution in [2.24, 2.45) is 0 Å². The predicted molar refractivity (Wildman–Crippen MR) is 117 cm³/mol. The average Bonchev–Trinajstić information content (AvgIpc) is 2.80. The molecule has 2 aromatic heterocycles. The van der Waals surface area contributed by atoms with Crippen LogP contribution in [0.1, 0.15) is 41.3 Å². The highest BCUT2D eigenvalue weighted by atomic mass is 16.5. The highest BCUT2D eigenvalue weighted by Gasteiger charge is 2.25. The predicted octanol–water partition coefficient (Wildman–Crippen LogP) is 4.02. The lowest BCUT2D eigenvalue weighted by molar-refractivity contribution is -0.131. The van der Waals surface area contributed by atoms with Crippen LogP contribution in [-0.2, 0) is 17.6 Å². The fourth-order valence-electron chi connectivity index (χ4n) is 4.10. The molecular formula is C25H27N3O2. The molecule has 0 radical (unpaired) electrons. The van der Waals surface area contributed by atoms with E-state index in [1.165, 1.54) is 0 Å². The molecule has 5 heteroatoms. The topological polar surface area (TPSA) is 55.3 Å². The third-order valence-electron chi connectivity index (χ3n) is 5.69. The molecule has 1 saturated heterocycles. The number of hydrogen-bond acceptors (Lipinski definition) is 4. The van der Waals surface area contributed by atoms with Crippen molar-refractivity contribution < 1.29 is 9.53 Å². The number of rotatable bonds is 6. The molecule has 3 aromatic rings. The van der Waals surface area contributed by atoms with Crippen molar-refractivity contribution in [2.45, 2.75) is 31.6 Å². The number of hydrogen-bond donors (Lipinski definition) is 0. The molecule has 0 spiro atoms. The van der Waals surface area contributed by atoms with Gasteiger partial charge in [0.1, 0.15) is 5.75 Å². The van der Waals surface area contributed by atoms with Gasteiger partial charge >= 0.3 is 0 Å². The summed E-state index contributed by atoms with van der Waals surface area (Å²) in [6.07, 6.45) is 6.69. The van der Waals surface area contributed by atoms with Crippen LogP contribution in [0.2, 0.25) is 0 Å². The number of amides is 1. The van der Waals surface area contributed by atoms with Crippen LogP contribution in [-0.4, -0.2) is 41.0 Å². The molecular weight excluding hydrogens is 374 g/mol. The second-order valence-corrected chi connectivity index (χ2v) is 7.75. The molecule has 1 aliphatic heterocycles. The number of nitrogens with zero attached hydrogens (tertiary/aromatic N) is 3. The number of carbonyl (C=O) groups is 1. The van der Waals surface area contributed by atoms with Crippen molar-refractivity contribution in [3.63, 3.8) is 0 Å². The van der Waals surface area contributed by atoms with Crippen molar-refractivity contribution in [2.75, 3.05) is 20.2 Å². The van der Waals surface area contributed by atoms with Gasteiger partial charge in [-0.05, 0) is 48.7 Å². The highest BCUT2D eigenvalue weighted by molar-refractivity contribution is 5.78. The van der Waals surface area contributed by atoms with Gasteiger partial charge in [-0.1, -0.05) is 24.3 Å². The first kappa shape index (κ1) is 20.1. The van der Waals surface area contributed by atoms with Crippen LogP contribution in [0.4, 0.5) is 0 Å². The molecule has 0 bridgehead atoms. The smallest absolute Gasteiger partial charge is 0.227 e. The van der Waals surface area contributed by atoms with Gasteiger partial charge in [0.15, 0.2) is 0 Å². The van der Waals surface area contributed by atoms with Crippen molar-refractivity contribution in [1.29, 1.82) is 0 Å². The molecule has 1 aromatic carbocycles. The lowest BCUT2D eigenvalue weighted by atomic mass is 9.93. The molecule has 5 nitrogen and oxygen atoms in total. The van der Waals surface area contributed by atoms with E-state index >= 15 is 0 Å². The van der Waals surface area contributed by atoms with E-state index in [-0.39, 0.29) is 11.8 Å². The van der Waals surface area contributed by atoms with E-state index < -0.39 is 0 Å². The molecule has 154 valence electrons. The van der Waals surface area contributed by atoms with Gasteiger partial charge in [0.05, 0.1) is 13.5 Å². The molecule has 30 heavy (non-hydrogen) atoms. The molecule has 3 heterocycles. The first-order chi connectivity index (χ1) is 14.7. The van der Waals surface area contributed by atoms with Crippen molar-refractivity contribution in [1.82, 2.24) is 14.9 Å². The maximum Gasteiger partial charge on any atom is 0.227 e. The summed E-state index contributed by atoms with van der Waals surface area (Å²) in [6, 6.07) is 18.1. The van der Waals surface area contributed by atoms with E-state index in [9.17, 15) is 4.79 Å². The number of para-hydroxylation sites is 1. The van der Waals surface area contributed by atoms with Crippen LogP contribution in [0.15, 0.2) is 67.0 Å². The third-order valence-corrected chi connectivity index (χ3v) is 5.69. The van der Waals surface area contributed by atoms with Gasteiger partial charge in [-0.2, -0.15) is 0 Å². The molecule has 0 aliphatic carbocycles. The van der Waals surface area contributed by atoms with Crippen LogP contribution in [0, 0.1) is 0 Å². The Bertz CT molecular complexity index is 990. The van der Waals surface area contributed by atoms with Crippen LogP contribution in [0.5, 0.6) is 5.75 Å².